The Bertz CT molecular complexity index is 413. The Morgan fingerprint density at radius 3 is 2.78 bits per heavy atom. The molecule has 1 aromatic rings. The number of ether oxygens (including phenoxy) is 2. The van der Waals surface area contributed by atoms with Crippen LogP contribution in [0.1, 0.15) is 25.8 Å². The van der Waals surface area contributed by atoms with Crippen molar-refractivity contribution in [3.63, 3.8) is 0 Å². The van der Waals surface area contributed by atoms with Crippen LogP contribution in [0.25, 0.3) is 0 Å². The lowest BCUT2D eigenvalue weighted by Crippen LogP contribution is -2.18. The highest BCUT2D eigenvalue weighted by atomic mass is 19.1. The molecule has 0 aromatic heterocycles. The van der Waals surface area contributed by atoms with Crippen molar-refractivity contribution in [3.05, 3.63) is 29.3 Å². The predicted octanol–water partition coefficient (Wildman–Crippen LogP) is 3.33. The smallest absolute Gasteiger partial charge is 0.168 e. The van der Waals surface area contributed by atoms with Crippen LogP contribution in [0.4, 0.5) is 8.78 Å². The maximum Gasteiger partial charge on any atom is 0.168 e. The molecular formula is C14H18F2O2. The minimum atomic E-state index is -0.627. The number of halogens is 2. The van der Waals surface area contributed by atoms with E-state index in [-0.39, 0.29) is 11.9 Å². The molecule has 2 nitrogen and oxygen atoms in total. The topological polar surface area (TPSA) is 18.5 Å². The first-order valence-electron chi connectivity index (χ1n) is 6.28. The second-order valence-corrected chi connectivity index (χ2v) is 5.08. The first-order valence-corrected chi connectivity index (χ1v) is 6.28. The largest absolute Gasteiger partial charge is 0.485 e. The summed E-state index contributed by atoms with van der Waals surface area (Å²) in [5.41, 5.74) is 0.592. The number of hydrogen-bond donors (Lipinski definition) is 0. The van der Waals surface area contributed by atoms with Crippen LogP contribution in [0.15, 0.2) is 12.1 Å². The fourth-order valence-corrected chi connectivity index (χ4v) is 2.11. The van der Waals surface area contributed by atoms with Gasteiger partial charge in [0.15, 0.2) is 11.6 Å². The molecule has 0 unspecified atom stereocenters. The van der Waals surface area contributed by atoms with Crippen molar-refractivity contribution in [1.82, 2.24) is 0 Å². The SMILES string of the molecule is CC(C)Cc1cc(F)cc(F)c1O[C@H]1CCOC1. The molecule has 0 N–H and O–H groups in total. The zero-order valence-electron chi connectivity index (χ0n) is 10.7. The lowest BCUT2D eigenvalue weighted by atomic mass is 10.0. The third kappa shape index (κ3) is 3.19. The van der Waals surface area contributed by atoms with Gasteiger partial charge >= 0.3 is 0 Å². The number of benzene rings is 1. The van der Waals surface area contributed by atoms with Crippen LogP contribution in [0, 0.1) is 17.6 Å². The Labute approximate surface area is 106 Å². The molecule has 18 heavy (non-hydrogen) atoms. The van der Waals surface area contributed by atoms with Crippen LogP contribution < -0.4 is 4.74 Å². The molecule has 0 saturated carbocycles. The van der Waals surface area contributed by atoms with Gasteiger partial charge in [0, 0.05) is 18.1 Å². The van der Waals surface area contributed by atoms with Crippen molar-refractivity contribution >= 4 is 0 Å². The van der Waals surface area contributed by atoms with Gasteiger partial charge in [0.2, 0.25) is 0 Å². The maximum absolute atomic E-state index is 13.8. The summed E-state index contributed by atoms with van der Waals surface area (Å²) < 4.78 is 37.9. The van der Waals surface area contributed by atoms with E-state index in [0.717, 1.165) is 12.5 Å². The fourth-order valence-electron chi connectivity index (χ4n) is 2.11. The van der Waals surface area contributed by atoms with E-state index in [1.54, 1.807) is 0 Å². The molecule has 0 amide bonds. The zero-order valence-corrected chi connectivity index (χ0v) is 10.7. The maximum atomic E-state index is 13.8. The van der Waals surface area contributed by atoms with Gasteiger partial charge in [-0.2, -0.15) is 0 Å². The third-order valence-electron chi connectivity index (χ3n) is 2.89. The van der Waals surface area contributed by atoms with Crippen molar-refractivity contribution in [1.29, 1.82) is 0 Å². The van der Waals surface area contributed by atoms with Gasteiger partial charge in [0.25, 0.3) is 0 Å². The number of rotatable bonds is 4. The summed E-state index contributed by atoms with van der Waals surface area (Å²) in [5, 5.41) is 0. The van der Waals surface area contributed by atoms with Crippen LogP contribution in [0.2, 0.25) is 0 Å². The van der Waals surface area contributed by atoms with E-state index in [1.807, 2.05) is 13.8 Å². The van der Waals surface area contributed by atoms with Gasteiger partial charge in [-0.1, -0.05) is 13.8 Å². The molecule has 0 aliphatic carbocycles. The highest BCUT2D eigenvalue weighted by molar-refractivity contribution is 5.36. The standard InChI is InChI=1S/C14H18F2O2/c1-9(2)5-10-6-11(15)7-13(16)14(10)18-12-3-4-17-8-12/h6-7,9,12H,3-5,8H2,1-2H3/t12-/m0/s1. The Morgan fingerprint density at radius 2 is 2.17 bits per heavy atom. The highest BCUT2D eigenvalue weighted by Crippen LogP contribution is 2.29. The minimum absolute atomic E-state index is 0.129. The van der Waals surface area contributed by atoms with Gasteiger partial charge in [-0.05, 0) is 18.4 Å². The van der Waals surface area contributed by atoms with Crippen LogP contribution in [0.3, 0.4) is 0 Å². The summed E-state index contributed by atoms with van der Waals surface area (Å²) in [6, 6.07) is 2.23. The van der Waals surface area contributed by atoms with Crippen molar-refractivity contribution in [2.24, 2.45) is 5.92 Å². The van der Waals surface area contributed by atoms with Gasteiger partial charge in [-0.25, -0.2) is 8.78 Å². The third-order valence-corrected chi connectivity index (χ3v) is 2.89. The summed E-state index contributed by atoms with van der Waals surface area (Å²) in [6.45, 7) is 5.11. The van der Waals surface area contributed by atoms with Gasteiger partial charge in [0.05, 0.1) is 13.2 Å². The van der Waals surface area contributed by atoms with Crippen molar-refractivity contribution in [3.8, 4) is 5.75 Å². The monoisotopic (exact) mass is 256 g/mol. The second kappa shape index (κ2) is 5.65. The van der Waals surface area contributed by atoms with Crippen molar-refractivity contribution in [2.75, 3.05) is 13.2 Å². The summed E-state index contributed by atoms with van der Waals surface area (Å²) in [5.74, 6) is -0.690. The first-order chi connectivity index (χ1) is 8.56. The van der Waals surface area contributed by atoms with Gasteiger partial charge < -0.3 is 9.47 Å². The van der Waals surface area contributed by atoms with E-state index < -0.39 is 11.6 Å². The summed E-state index contributed by atoms with van der Waals surface area (Å²) >= 11 is 0. The Kier molecular flexibility index (Phi) is 4.17. The van der Waals surface area contributed by atoms with Crippen molar-refractivity contribution < 1.29 is 18.3 Å². The molecule has 1 atom stereocenters. The van der Waals surface area contributed by atoms with E-state index >= 15 is 0 Å². The first kappa shape index (κ1) is 13.3. The Balaban J connectivity index is 2.24. The molecular weight excluding hydrogens is 238 g/mol. The zero-order chi connectivity index (χ0) is 13.1. The minimum Gasteiger partial charge on any atom is -0.485 e. The van der Waals surface area contributed by atoms with Crippen LogP contribution >= 0.6 is 0 Å². The second-order valence-electron chi connectivity index (χ2n) is 5.08. The molecule has 1 fully saturated rings. The molecule has 100 valence electrons. The predicted molar refractivity (Wildman–Crippen MR) is 64.8 cm³/mol. The van der Waals surface area contributed by atoms with E-state index in [4.69, 9.17) is 9.47 Å². The quantitative estimate of drug-likeness (QED) is 0.822. The molecule has 0 radical (unpaired) electrons. The summed E-state index contributed by atoms with van der Waals surface area (Å²) in [4.78, 5) is 0. The molecule has 0 spiro atoms. The average Bonchev–Trinajstić information content (AvgIpc) is 2.74. The Morgan fingerprint density at radius 1 is 1.39 bits per heavy atom. The van der Waals surface area contributed by atoms with Crippen LogP contribution in [0.5, 0.6) is 5.75 Å². The normalized spacial score (nSPS) is 19.5. The van der Waals surface area contributed by atoms with Gasteiger partial charge in [-0.15, -0.1) is 0 Å². The number of hydrogen-bond acceptors (Lipinski definition) is 2. The lowest BCUT2D eigenvalue weighted by Gasteiger charge is -2.17. The van der Waals surface area contributed by atoms with Crippen molar-refractivity contribution in [2.45, 2.75) is 32.8 Å². The van der Waals surface area contributed by atoms with E-state index in [9.17, 15) is 8.78 Å². The summed E-state index contributed by atoms with van der Waals surface area (Å²) in [6.07, 6.45) is 1.21. The summed E-state index contributed by atoms with van der Waals surface area (Å²) in [7, 11) is 0. The molecule has 1 aliphatic rings. The fraction of sp³-hybridized carbons (Fsp3) is 0.571. The van der Waals surface area contributed by atoms with Crippen LogP contribution in [-0.4, -0.2) is 19.3 Å². The lowest BCUT2D eigenvalue weighted by molar-refractivity contribution is 0.137. The molecule has 1 heterocycles. The van der Waals surface area contributed by atoms with Crippen LogP contribution in [-0.2, 0) is 11.2 Å². The molecule has 0 bridgehead atoms. The Hall–Kier alpha value is -1.16. The molecule has 1 aliphatic heterocycles. The van der Waals surface area contributed by atoms with E-state index in [1.165, 1.54) is 6.07 Å². The van der Waals surface area contributed by atoms with E-state index in [0.29, 0.717) is 31.1 Å². The average molecular weight is 256 g/mol. The molecule has 4 heteroatoms. The van der Waals surface area contributed by atoms with Gasteiger partial charge in [0.1, 0.15) is 11.9 Å². The highest BCUT2D eigenvalue weighted by Gasteiger charge is 2.22. The molecule has 2 rings (SSSR count). The van der Waals surface area contributed by atoms with E-state index in [2.05, 4.69) is 0 Å². The molecule has 1 aromatic carbocycles. The van der Waals surface area contributed by atoms with Gasteiger partial charge in [-0.3, -0.25) is 0 Å². The molecule has 1 saturated heterocycles.